The Hall–Kier alpha value is -7.44. The lowest BCUT2D eigenvalue weighted by Gasteiger charge is -2.24. The monoisotopic (exact) mass is 907 g/mol. The Morgan fingerprint density at radius 2 is 1.67 bits per heavy atom. The van der Waals surface area contributed by atoms with Gasteiger partial charge in [-0.25, -0.2) is 14.4 Å². The molecule has 0 aliphatic carbocycles. The second-order valence-electron chi connectivity index (χ2n) is 16.3. The van der Waals surface area contributed by atoms with Crippen LogP contribution >= 0.6 is 0 Å². The van der Waals surface area contributed by atoms with Crippen molar-refractivity contribution in [1.82, 2.24) is 30.4 Å². The van der Waals surface area contributed by atoms with Gasteiger partial charge in [-0.2, -0.15) is 0 Å². The zero-order chi connectivity index (χ0) is 47.9. The average molecular weight is 908 g/mol. The Morgan fingerprint density at radius 1 is 0.939 bits per heavy atom. The van der Waals surface area contributed by atoms with E-state index < -0.39 is 42.0 Å². The Morgan fingerprint density at radius 3 is 2.36 bits per heavy atom. The molecule has 66 heavy (non-hydrogen) atoms. The van der Waals surface area contributed by atoms with Gasteiger partial charge in [-0.1, -0.05) is 31.1 Å². The van der Waals surface area contributed by atoms with E-state index in [1.165, 1.54) is 9.80 Å². The first-order valence-corrected chi connectivity index (χ1v) is 21.5. The smallest absolute Gasteiger partial charge is 0.415 e. The summed E-state index contributed by atoms with van der Waals surface area (Å²) < 4.78 is 16.4. The first kappa shape index (κ1) is 49.6. The number of aromatic nitrogens is 2. The van der Waals surface area contributed by atoms with E-state index in [2.05, 4.69) is 49.8 Å². The van der Waals surface area contributed by atoms with Crippen molar-refractivity contribution in [2.24, 2.45) is 22.7 Å². The van der Waals surface area contributed by atoms with Crippen LogP contribution in [0, 0.1) is 25.7 Å². The number of nitrogens with zero attached hydrogens (tertiary/aromatic N) is 6. The predicted molar refractivity (Wildman–Crippen MR) is 249 cm³/mol. The van der Waals surface area contributed by atoms with Gasteiger partial charge >= 0.3 is 18.2 Å². The number of carbonyl (C=O) groups excluding carboxylic acids is 6. The van der Waals surface area contributed by atoms with Crippen LogP contribution in [0.5, 0.6) is 5.75 Å². The van der Waals surface area contributed by atoms with E-state index in [1.54, 1.807) is 64.5 Å². The van der Waals surface area contributed by atoms with Crippen LogP contribution in [-0.2, 0) is 30.5 Å². The van der Waals surface area contributed by atoms with Crippen LogP contribution in [0.15, 0.2) is 66.0 Å². The van der Waals surface area contributed by atoms with Crippen molar-refractivity contribution >= 4 is 74.1 Å². The van der Waals surface area contributed by atoms with E-state index in [1.807, 2.05) is 24.4 Å². The number of likely N-dealkylation sites (N-methyl/N-ethyl adjacent to an activating group) is 2. The number of ketones is 1. The highest BCUT2D eigenvalue weighted by Crippen LogP contribution is 2.37. The first-order valence-electron chi connectivity index (χ1n) is 21.5. The number of nitrogens with two attached hydrogens (primary N) is 1. The number of aromatic amines is 1. The molecule has 0 unspecified atom stereocenters. The molecule has 0 saturated carbocycles. The number of urea groups is 1. The van der Waals surface area contributed by atoms with Crippen molar-refractivity contribution in [3.8, 4) is 5.75 Å². The molecule has 20 heteroatoms. The van der Waals surface area contributed by atoms with Gasteiger partial charge in [0.1, 0.15) is 19.0 Å². The van der Waals surface area contributed by atoms with Crippen molar-refractivity contribution in [2.75, 3.05) is 58.8 Å². The quantitative estimate of drug-likeness (QED) is 0.0214. The molecule has 350 valence electrons. The lowest BCUT2D eigenvalue weighted by molar-refractivity contribution is -0.133. The van der Waals surface area contributed by atoms with Crippen molar-refractivity contribution in [3.63, 3.8) is 0 Å². The largest absolute Gasteiger partial charge is 0.445 e. The number of amides is 6. The first-order chi connectivity index (χ1) is 31.6. The predicted octanol–water partition coefficient (Wildman–Crippen LogP) is 6.62. The third-order valence-corrected chi connectivity index (χ3v) is 11.1. The number of benzene rings is 3. The Labute approximate surface area is 381 Å². The summed E-state index contributed by atoms with van der Waals surface area (Å²) in [7, 11) is 3.14. The summed E-state index contributed by atoms with van der Waals surface area (Å²) >= 11 is 0. The van der Waals surface area contributed by atoms with E-state index in [0.29, 0.717) is 23.4 Å². The fourth-order valence-corrected chi connectivity index (χ4v) is 7.44. The van der Waals surface area contributed by atoms with Crippen LogP contribution in [0.4, 0.5) is 20.1 Å². The number of carbonyl (C=O) groups is 6. The number of hydrogen-bond acceptors (Lipinski definition) is 11. The van der Waals surface area contributed by atoms with Gasteiger partial charge in [-0.15, -0.1) is 0 Å². The summed E-state index contributed by atoms with van der Waals surface area (Å²) in [6, 6.07) is 12.5. The number of primary amides is 1. The Bertz CT molecular complexity index is 2610. The van der Waals surface area contributed by atoms with Crippen LogP contribution < -0.4 is 26.4 Å². The molecular weight excluding hydrogens is 851 g/mol. The molecule has 2 heterocycles. The zero-order valence-corrected chi connectivity index (χ0v) is 38.0. The standard InChI is InChI=1S/C46H57N11O9/c1-27(2)41(54-39(59)26-64-21-18-51-55-48)38(58)22-31(8-7-16-50-44(47)61)43(60)52-32-11-9-30(10-12-32)25-65-45(62)56(5)19-20-57(6)46(63)66-33-13-14-37-35(23-33)40-28(3)36-24-49-17-15-34(36)29(4)42(40)53-37/h9-15,17,23-24,27,31,41,53H,7-8,16,18-22,25-26H2,1-6H3,(H,52,60)(H,54,59)(H3,47,50,61)/t31-,41+/m1/s1. The fourth-order valence-electron chi connectivity index (χ4n) is 7.44. The molecule has 20 nitrogen and oxygen atoms in total. The lowest BCUT2D eigenvalue weighted by Crippen LogP contribution is -2.46. The summed E-state index contributed by atoms with van der Waals surface area (Å²) in [4.78, 5) is 89.9. The third-order valence-electron chi connectivity index (χ3n) is 11.1. The highest BCUT2D eigenvalue weighted by Gasteiger charge is 2.30. The van der Waals surface area contributed by atoms with Crippen molar-refractivity contribution in [2.45, 2.75) is 59.6 Å². The number of nitrogens with one attached hydrogen (secondary N) is 4. The van der Waals surface area contributed by atoms with Crippen molar-refractivity contribution < 1.29 is 43.0 Å². The zero-order valence-electron chi connectivity index (χ0n) is 38.0. The van der Waals surface area contributed by atoms with Gasteiger partial charge in [-0.3, -0.25) is 19.4 Å². The van der Waals surface area contributed by atoms with E-state index in [-0.39, 0.29) is 70.5 Å². The number of hydrogen-bond donors (Lipinski definition) is 5. The number of azide groups is 1. The number of fused-ring (bicyclic) bond motifs is 4. The molecule has 0 fully saturated rings. The van der Waals surface area contributed by atoms with Crippen LogP contribution in [0.3, 0.4) is 0 Å². The number of ether oxygens (including phenoxy) is 3. The number of pyridine rings is 1. The fraction of sp³-hybridized carbons (Fsp3) is 0.413. The summed E-state index contributed by atoms with van der Waals surface area (Å²) in [6.07, 6.45) is 2.83. The lowest BCUT2D eigenvalue weighted by atomic mass is 9.89. The van der Waals surface area contributed by atoms with Crippen LogP contribution in [0.2, 0.25) is 0 Å². The highest BCUT2D eigenvalue weighted by atomic mass is 16.6. The molecule has 0 aliphatic heterocycles. The van der Waals surface area contributed by atoms with Gasteiger partial charge in [0.05, 0.1) is 18.2 Å². The van der Waals surface area contributed by atoms with Crippen LogP contribution in [-0.4, -0.2) is 115 Å². The molecule has 6 amide bonds. The van der Waals surface area contributed by atoms with Gasteiger partial charge in [0.25, 0.3) is 0 Å². The molecule has 5 aromatic rings. The number of aryl methyl sites for hydroxylation is 2. The number of anilines is 1. The second kappa shape index (κ2) is 23.5. The van der Waals surface area contributed by atoms with Crippen LogP contribution in [0.25, 0.3) is 43.0 Å². The Kier molecular flexibility index (Phi) is 17.6. The van der Waals surface area contributed by atoms with Crippen molar-refractivity contribution in [3.05, 3.63) is 88.1 Å². The third kappa shape index (κ3) is 13.3. The molecule has 2 atom stereocenters. The number of H-pyrrole nitrogens is 1. The second-order valence-corrected chi connectivity index (χ2v) is 16.3. The van der Waals surface area contributed by atoms with E-state index >= 15 is 0 Å². The minimum atomic E-state index is -0.900. The topological polar surface area (TPSA) is 276 Å². The summed E-state index contributed by atoms with van der Waals surface area (Å²) in [5.41, 5.74) is 18.8. The number of rotatable bonds is 22. The SMILES string of the molecule is Cc1c2ccncc2c(C)c2c1[nH]c1ccc(OC(=O)N(C)CCN(C)C(=O)OCc3ccc(NC(=O)[C@H](CCCNC(N)=O)CC(=O)[C@@H](NC(=O)COCCN=[N+]=[N-])C(C)C)cc3)cc12. The normalized spacial score (nSPS) is 12.0. The molecule has 0 bridgehead atoms. The molecule has 0 aliphatic rings. The molecular formula is C46H57N11O9. The van der Waals surface area contributed by atoms with Gasteiger partial charge in [0, 0.05) is 97.3 Å². The van der Waals surface area contributed by atoms with Gasteiger partial charge in [0.2, 0.25) is 11.8 Å². The molecule has 5 rings (SSSR count). The highest BCUT2D eigenvalue weighted by molar-refractivity contribution is 6.16. The minimum absolute atomic E-state index is 0.0338. The maximum absolute atomic E-state index is 13.5. The minimum Gasteiger partial charge on any atom is -0.445 e. The summed E-state index contributed by atoms with van der Waals surface area (Å²) in [6.45, 7) is 7.86. The van der Waals surface area contributed by atoms with Gasteiger partial charge in [0.15, 0.2) is 5.78 Å². The maximum atomic E-state index is 13.5. The Balaban J connectivity index is 1.10. The van der Waals surface area contributed by atoms with E-state index in [4.69, 9.17) is 25.5 Å². The van der Waals surface area contributed by atoms with Gasteiger partial charge in [-0.05, 0) is 96.6 Å². The maximum Gasteiger partial charge on any atom is 0.415 e. The molecule has 6 N–H and O–H groups in total. The summed E-state index contributed by atoms with van der Waals surface area (Å²) in [5.74, 6) is -2.07. The van der Waals surface area contributed by atoms with Gasteiger partial charge < -0.3 is 50.7 Å². The molecule has 2 aromatic heterocycles. The van der Waals surface area contributed by atoms with Crippen molar-refractivity contribution in [1.29, 1.82) is 0 Å². The molecule has 3 aromatic carbocycles. The van der Waals surface area contributed by atoms with E-state index in [9.17, 15) is 28.8 Å². The number of Topliss-reactive ketones (excluding diaryl/α,β-unsaturated/α-hetero) is 1. The molecule has 0 saturated heterocycles. The van der Waals surface area contributed by atoms with E-state index in [0.717, 1.165) is 43.7 Å². The van der Waals surface area contributed by atoms with Crippen LogP contribution in [0.1, 0.15) is 49.8 Å². The summed E-state index contributed by atoms with van der Waals surface area (Å²) in [5, 5.41) is 15.5. The molecule has 0 spiro atoms. The average Bonchev–Trinajstić information content (AvgIpc) is 3.68. The molecule has 0 radical (unpaired) electrons.